The highest BCUT2D eigenvalue weighted by atomic mass is 19.2. The molecular weight excluding hydrogens is 414 g/mol. The van der Waals surface area contributed by atoms with E-state index in [1.54, 1.807) is 6.07 Å². The van der Waals surface area contributed by atoms with E-state index in [-0.39, 0.29) is 5.92 Å². The van der Waals surface area contributed by atoms with E-state index in [4.69, 9.17) is 4.74 Å². The number of ether oxygens (including phenoxy) is 1. The number of rotatable bonds is 9. The molecule has 2 aromatic rings. The van der Waals surface area contributed by atoms with Crippen LogP contribution >= 0.6 is 0 Å². The van der Waals surface area contributed by atoms with Crippen LogP contribution in [-0.2, 0) is 0 Å². The van der Waals surface area contributed by atoms with Crippen LogP contribution in [0.3, 0.4) is 0 Å². The maximum atomic E-state index is 15.0. The summed E-state index contributed by atoms with van der Waals surface area (Å²) in [6.45, 7) is 6.25. The molecule has 2 fully saturated rings. The molecule has 0 unspecified atom stereocenters. The lowest BCUT2D eigenvalue weighted by atomic mass is 9.73. The summed E-state index contributed by atoms with van der Waals surface area (Å²) in [5.74, 6) is 1.90. The fourth-order valence-electron chi connectivity index (χ4n) is 6.28. The van der Waals surface area contributed by atoms with Gasteiger partial charge in [-0.15, -0.1) is 6.58 Å². The predicted molar refractivity (Wildman–Crippen MR) is 134 cm³/mol. The molecule has 0 amide bonds. The normalized spacial score (nSPS) is 25.8. The van der Waals surface area contributed by atoms with Crippen LogP contribution in [0.25, 0.3) is 10.8 Å². The fourth-order valence-corrected chi connectivity index (χ4v) is 6.28. The van der Waals surface area contributed by atoms with Gasteiger partial charge in [0, 0.05) is 5.39 Å². The van der Waals surface area contributed by atoms with Crippen molar-refractivity contribution in [3.63, 3.8) is 0 Å². The molecule has 3 heteroatoms. The molecule has 0 radical (unpaired) electrons. The Morgan fingerprint density at radius 3 is 2.06 bits per heavy atom. The molecule has 2 aliphatic carbocycles. The number of benzene rings is 2. The molecule has 0 aliphatic heterocycles. The summed E-state index contributed by atoms with van der Waals surface area (Å²) in [5, 5.41) is 1.08. The molecule has 0 saturated heterocycles. The number of allylic oxidation sites excluding steroid dienone is 1. The zero-order chi connectivity index (χ0) is 23.2. The molecule has 2 aliphatic rings. The van der Waals surface area contributed by atoms with Crippen LogP contribution < -0.4 is 4.74 Å². The molecule has 1 nitrogen and oxygen atoms in total. The van der Waals surface area contributed by atoms with E-state index < -0.39 is 11.6 Å². The van der Waals surface area contributed by atoms with Gasteiger partial charge in [-0.2, -0.15) is 0 Å². The average Bonchev–Trinajstić information content (AvgIpc) is 2.85. The Bertz CT molecular complexity index is 921. The van der Waals surface area contributed by atoms with Crippen molar-refractivity contribution < 1.29 is 13.5 Å². The average molecular weight is 455 g/mol. The Morgan fingerprint density at radius 1 is 0.848 bits per heavy atom. The largest absolute Gasteiger partial charge is 0.494 e. The van der Waals surface area contributed by atoms with Crippen molar-refractivity contribution in [1.29, 1.82) is 0 Å². The standard InChI is InChI=1S/C30H40F2O/c1-3-5-6-21-7-9-22(10-8-21)11-12-23-13-15-24(16-14-23)27-19-25-17-18-26(33-4-2)20-28(25)30(32)29(27)31/h3,17-24H,1,4-16H2,2H3. The SMILES string of the molecule is C=CCCC1CCC(CCC2CCC(c3cc4ccc(OCC)cc4c(F)c3F)CC2)CC1. The quantitative estimate of drug-likeness (QED) is 0.343. The van der Waals surface area contributed by atoms with Crippen molar-refractivity contribution >= 4 is 10.8 Å². The van der Waals surface area contributed by atoms with Crippen LogP contribution in [0.15, 0.2) is 36.9 Å². The second-order valence-corrected chi connectivity index (χ2v) is 10.5. The van der Waals surface area contributed by atoms with E-state index in [1.807, 2.05) is 25.1 Å². The Hall–Kier alpha value is -1.90. The van der Waals surface area contributed by atoms with E-state index in [1.165, 1.54) is 44.9 Å². The minimum absolute atomic E-state index is 0.131. The monoisotopic (exact) mass is 454 g/mol. The highest BCUT2D eigenvalue weighted by Crippen LogP contribution is 2.42. The highest BCUT2D eigenvalue weighted by Gasteiger charge is 2.28. The number of hydrogen-bond donors (Lipinski definition) is 0. The van der Waals surface area contributed by atoms with Crippen molar-refractivity contribution in [3.05, 3.63) is 54.1 Å². The summed E-state index contributed by atoms with van der Waals surface area (Å²) in [6.07, 6.45) is 17.0. The first-order chi connectivity index (χ1) is 16.1. The predicted octanol–water partition coefficient (Wildman–Crippen LogP) is 9.34. The molecule has 0 N–H and O–H groups in total. The second-order valence-electron chi connectivity index (χ2n) is 10.5. The molecular formula is C30H40F2O. The second kappa shape index (κ2) is 11.5. The maximum Gasteiger partial charge on any atom is 0.167 e. The summed E-state index contributed by atoms with van der Waals surface area (Å²) in [5.41, 5.74) is 0.570. The first-order valence-electron chi connectivity index (χ1n) is 13.2. The maximum absolute atomic E-state index is 15.0. The van der Waals surface area contributed by atoms with Crippen LogP contribution in [0.4, 0.5) is 8.78 Å². The van der Waals surface area contributed by atoms with Crippen molar-refractivity contribution in [2.45, 2.75) is 89.9 Å². The van der Waals surface area contributed by atoms with Crippen LogP contribution in [0, 0.1) is 29.4 Å². The molecule has 0 bridgehead atoms. The molecule has 0 spiro atoms. The van der Waals surface area contributed by atoms with Crippen molar-refractivity contribution in [3.8, 4) is 5.75 Å². The minimum atomic E-state index is -0.727. The van der Waals surface area contributed by atoms with Gasteiger partial charge in [-0.05, 0) is 98.3 Å². The van der Waals surface area contributed by atoms with Gasteiger partial charge in [-0.25, -0.2) is 8.78 Å². The highest BCUT2D eigenvalue weighted by molar-refractivity contribution is 5.85. The lowest BCUT2D eigenvalue weighted by Gasteiger charge is -2.32. The number of hydrogen-bond acceptors (Lipinski definition) is 1. The molecule has 0 aromatic heterocycles. The molecule has 2 saturated carbocycles. The molecule has 0 heterocycles. The van der Waals surface area contributed by atoms with E-state index in [0.717, 1.165) is 55.2 Å². The van der Waals surface area contributed by atoms with Crippen molar-refractivity contribution in [2.75, 3.05) is 6.61 Å². The van der Waals surface area contributed by atoms with Gasteiger partial charge in [0.25, 0.3) is 0 Å². The third-order valence-corrected chi connectivity index (χ3v) is 8.34. The summed E-state index contributed by atoms with van der Waals surface area (Å²) >= 11 is 0. The fraction of sp³-hybridized carbons (Fsp3) is 0.600. The zero-order valence-corrected chi connectivity index (χ0v) is 20.3. The lowest BCUT2D eigenvalue weighted by Crippen LogP contribution is -2.18. The van der Waals surface area contributed by atoms with Crippen molar-refractivity contribution in [1.82, 2.24) is 0 Å². The smallest absolute Gasteiger partial charge is 0.167 e. The van der Waals surface area contributed by atoms with Crippen LogP contribution in [0.1, 0.15) is 95.5 Å². The van der Waals surface area contributed by atoms with E-state index in [9.17, 15) is 4.39 Å². The van der Waals surface area contributed by atoms with Gasteiger partial charge < -0.3 is 4.74 Å². The summed E-state index contributed by atoms with van der Waals surface area (Å²) < 4.78 is 35.4. The first-order valence-corrected chi connectivity index (χ1v) is 13.2. The third kappa shape index (κ3) is 5.97. The van der Waals surface area contributed by atoms with Gasteiger partial charge >= 0.3 is 0 Å². The number of halogens is 2. The third-order valence-electron chi connectivity index (χ3n) is 8.34. The molecule has 180 valence electrons. The van der Waals surface area contributed by atoms with Gasteiger partial charge in [0.15, 0.2) is 11.6 Å². The van der Waals surface area contributed by atoms with Gasteiger partial charge in [-0.1, -0.05) is 50.7 Å². The van der Waals surface area contributed by atoms with Gasteiger partial charge in [0.1, 0.15) is 5.75 Å². The Kier molecular flexibility index (Phi) is 8.44. The molecule has 2 aromatic carbocycles. The number of fused-ring (bicyclic) bond motifs is 1. The minimum Gasteiger partial charge on any atom is -0.494 e. The van der Waals surface area contributed by atoms with Crippen LogP contribution in [0.2, 0.25) is 0 Å². The summed E-state index contributed by atoms with van der Waals surface area (Å²) in [6, 6.07) is 7.19. The summed E-state index contributed by atoms with van der Waals surface area (Å²) in [4.78, 5) is 0. The van der Waals surface area contributed by atoms with E-state index >= 15 is 4.39 Å². The Morgan fingerprint density at radius 2 is 1.45 bits per heavy atom. The lowest BCUT2D eigenvalue weighted by molar-refractivity contribution is 0.224. The first kappa shape index (κ1) is 24.2. The van der Waals surface area contributed by atoms with E-state index in [2.05, 4.69) is 12.7 Å². The van der Waals surface area contributed by atoms with E-state index in [0.29, 0.717) is 23.3 Å². The molecule has 0 atom stereocenters. The topological polar surface area (TPSA) is 9.23 Å². The van der Waals surface area contributed by atoms with Gasteiger partial charge in [-0.3, -0.25) is 0 Å². The zero-order valence-electron chi connectivity index (χ0n) is 20.3. The van der Waals surface area contributed by atoms with Gasteiger partial charge in [0.2, 0.25) is 0 Å². The van der Waals surface area contributed by atoms with Gasteiger partial charge in [0.05, 0.1) is 6.61 Å². The van der Waals surface area contributed by atoms with Crippen LogP contribution in [0.5, 0.6) is 5.75 Å². The molecule has 33 heavy (non-hydrogen) atoms. The van der Waals surface area contributed by atoms with Crippen molar-refractivity contribution in [2.24, 2.45) is 17.8 Å². The Balaban J connectivity index is 1.29. The Labute approximate surface area is 198 Å². The summed E-state index contributed by atoms with van der Waals surface area (Å²) in [7, 11) is 0. The molecule has 4 rings (SSSR count). The van der Waals surface area contributed by atoms with Crippen LogP contribution in [-0.4, -0.2) is 6.61 Å².